The van der Waals surface area contributed by atoms with Crippen LogP contribution in [0.1, 0.15) is 45.1 Å². The molecule has 0 radical (unpaired) electrons. The molecule has 1 fully saturated rings. The van der Waals surface area contributed by atoms with Gasteiger partial charge in [-0.2, -0.15) is 0 Å². The number of nitro groups is 1. The second-order valence-corrected chi connectivity index (χ2v) is 6.49. The third kappa shape index (κ3) is 7.02. The average Bonchev–Trinajstić information content (AvgIpc) is 3.03. The Kier molecular flexibility index (Phi) is 9.02. The molecule has 6 nitrogen and oxygen atoms in total. The molecule has 7 heteroatoms. The highest BCUT2D eigenvalue weighted by Gasteiger charge is 2.16. The van der Waals surface area contributed by atoms with Crippen molar-refractivity contribution in [3.8, 4) is 0 Å². The first-order chi connectivity index (χ1) is 11.0. The molecular formula is C17H27IN4O2. The third-order valence-electron chi connectivity index (χ3n) is 3.94. The molecule has 1 aromatic carbocycles. The molecule has 0 heterocycles. The first-order valence-electron chi connectivity index (χ1n) is 8.33. The first kappa shape index (κ1) is 20.7. The van der Waals surface area contributed by atoms with Gasteiger partial charge in [0.05, 0.1) is 11.5 Å². The summed E-state index contributed by atoms with van der Waals surface area (Å²) in [5.41, 5.74) is 1.08. The van der Waals surface area contributed by atoms with Crippen LogP contribution >= 0.6 is 24.0 Å². The van der Waals surface area contributed by atoms with E-state index in [-0.39, 0.29) is 34.6 Å². The van der Waals surface area contributed by atoms with E-state index in [4.69, 9.17) is 0 Å². The molecule has 2 N–H and O–H groups in total. The maximum atomic E-state index is 10.7. The van der Waals surface area contributed by atoms with Crippen LogP contribution in [0.15, 0.2) is 29.3 Å². The molecular weight excluding hydrogens is 419 g/mol. The summed E-state index contributed by atoms with van der Waals surface area (Å²) in [4.78, 5) is 14.9. The highest BCUT2D eigenvalue weighted by atomic mass is 127. The van der Waals surface area contributed by atoms with Gasteiger partial charge in [-0.05, 0) is 24.3 Å². The first-order valence-corrected chi connectivity index (χ1v) is 8.33. The Morgan fingerprint density at radius 3 is 2.46 bits per heavy atom. The van der Waals surface area contributed by atoms with Gasteiger partial charge in [0.25, 0.3) is 5.69 Å². The van der Waals surface area contributed by atoms with E-state index in [1.165, 1.54) is 37.8 Å². The van der Waals surface area contributed by atoms with Gasteiger partial charge in [-0.3, -0.25) is 10.1 Å². The van der Waals surface area contributed by atoms with Crippen LogP contribution in [0.25, 0.3) is 0 Å². The topological polar surface area (TPSA) is 79.6 Å². The van der Waals surface area contributed by atoms with Crippen LogP contribution < -0.4 is 10.6 Å². The van der Waals surface area contributed by atoms with Crippen molar-refractivity contribution in [1.29, 1.82) is 0 Å². The number of nitrogens with one attached hydrogen (secondary N) is 2. The van der Waals surface area contributed by atoms with Gasteiger partial charge < -0.3 is 10.6 Å². The van der Waals surface area contributed by atoms with Crippen molar-refractivity contribution >= 4 is 35.6 Å². The molecule has 1 aliphatic rings. The molecule has 0 unspecified atom stereocenters. The number of benzene rings is 1. The highest BCUT2D eigenvalue weighted by Crippen LogP contribution is 2.17. The molecule has 1 aliphatic carbocycles. The van der Waals surface area contributed by atoms with E-state index in [1.807, 2.05) is 0 Å². The predicted octanol–water partition coefficient (Wildman–Crippen LogP) is 3.85. The normalized spacial score (nSPS) is 15.2. The van der Waals surface area contributed by atoms with Crippen LogP contribution in [0.4, 0.5) is 5.69 Å². The second-order valence-electron chi connectivity index (χ2n) is 6.49. The van der Waals surface area contributed by atoms with Gasteiger partial charge in [0.1, 0.15) is 0 Å². The Labute approximate surface area is 160 Å². The van der Waals surface area contributed by atoms with Gasteiger partial charge in [0, 0.05) is 24.7 Å². The summed E-state index contributed by atoms with van der Waals surface area (Å²) >= 11 is 0. The Bertz CT molecular complexity index is 540. The standard InChI is InChI=1S/C17H26N4O2.HI/c1-13(2)11-18-17(20-15-5-3-4-6-15)19-12-14-7-9-16(10-8-14)21(22)23;/h7-10,13,15H,3-6,11-12H2,1-2H3,(H2,18,19,20);1H. The molecule has 0 atom stereocenters. The number of non-ortho nitro benzene ring substituents is 1. The summed E-state index contributed by atoms with van der Waals surface area (Å²) < 4.78 is 0. The quantitative estimate of drug-likeness (QED) is 0.229. The maximum absolute atomic E-state index is 10.7. The van der Waals surface area contributed by atoms with Gasteiger partial charge in [0.15, 0.2) is 5.96 Å². The molecule has 0 spiro atoms. The summed E-state index contributed by atoms with van der Waals surface area (Å²) in [6, 6.07) is 7.08. The van der Waals surface area contributed by atoms with Crippen molar-refractivity contribution in [2.75, 3.05) is 6.54 Å². The fourth-order valence-corrected chi connectivity index (χ4v) is 2.61. The van der Waals surface area contributed by atoms with E-state index in [2.05, 4.69) is 29.5 Å². The lowest BCUT2D eigenvalue weighted by Gasteiger charge is -2.18. The van der Waals surface area contributed by atoms with Crippen LogP contribution in [-0.4, -0.2) is 23.5 Å². The largest absolute Gasteiger partial charge is 0.356 e. The number of hydrogen-bond acceptors (Lipinski definition) is 3. The van der Waals surface area contributed by atoms with Gasteiger partial charge >= 0.3 is 0 Å². The van der Waals surface area contributed by atoms with Crippen LogP contribution in [-0.2, 0) is 6.54 Å². The van der Waals surface area contributed by atoms with Crippen LogP contribution in [0, 0.1) is 16.0 Å². The summed E-state index contributed by atoms with van der Waals surface area (Å²) in [6.45, 7) is 5.71. The Morgan fingerprint density at radius 1 is 1.29 bits per heavy atom. The third-order valence-corrected chi connectivity index (χ3v) is 3.94. The fraction of sp³-hybridized carbons (Fsp3) is 0.588. The molecule has 134 valence electrons. The zero-order valence-corrected chi connectivity index (χ0v) is 16.7. The molecule has 1 aromatic rings. The van der Waals surface area contributed by atoms with Crippen molar-refractivity contribution in [2.45, 2.75) is 52.1 Å². The Morgan fingerprint density at radius 2 is 1.92 bits per heavy atom. The molecule has 0 aromatic heterocycles. The van der Waals surface area contributed by atoms with Crippen molar-refractivity contribution in [3.05, 3.63) is 39.9 Å². The number of rotatable bonds is 6. The summed E-state index contributed by atoms with van der Waals surface area (Å²) in [5, 5.41) is 17.6. The zero-order chi connectivity index (χ0) is 16.7. The molecule has 24 heavy (non-hydrogen) atoms. The number of nitrogens with zero attached hydrogens (tertiary/aromatic N) is 2. The Balaban J connectivity index is 0.00000288. The number of aliphatic imine (C=N–C) groups is 1. The molecule has 0 bridgehead atoms. The zero-order valence-electron chi connectivity index (χ0n) is 14.3. The minimum atomic E-state index is -0.385. The fourth-order valence-electron chi connectivity index (χ4n) is 2.61. The molecule has 2 rings (SSSR count). The van der Waals surface area contributed by atoms with E-state index in [0.717, 1.165) is 18.1 Å². The van der Waals surface area contributed by atoms with Gasteiger partial charge in [0.2, 0.25) is 0 Å². The van der Waals surface area contributed by atoms with Crippen molar-refractivity contribution in [3.63, 3.8) is 0 Å². The minimum absolute atomic E-state index is 0. The van der Waals surface area contributed by atoms with Crippen LogP contribution in [0.3, 0.4) is 0 Å². The number of halogens is 1. The van der Waals surface area contributed by atoms with Gasteiger partial charge in [-0.1, -0.05) is 38.8 Å². The van der Waals surface area contributed by atoms with Crippen molar-refractivity contribution in [2.24, 2.45) is 10.9 Å². The predicted molar refractivity (Wildman–Crippen MR) is 108 cm³/mol. The Hall–Kier alpha value is -1.38. The molecule has 0 amide bonds. The molecule has 0 aliphatic heterocycles. The van der Waals surface area contributed by atoms with Crippen molar-refractivity contribution in [1.82, 2.24) is 10.6 Å². The number of guanidine groups is 1. The van der Waals surface area contributed by atoms with E-state index >= 15 is 0 Å². The van der Waals surface area contributed by atoms with Crippen LogP contribution in [0.2, 0.25) is 0 Å². The summed E-state index contributed by atoms with van der Waals surface area (Å²) in [5.74, 6) is 1.38. The summed E-state index contributed by atoms with van der Waals surface area (Å²) in [7, 11) is 0. The highest BCUT2D eigenvalue weighted by molar-refractivity contribution is 14.0. The van der Waals surface area contributed by atoms with E-state index in [1.54, 1.807) is 12.1 Å². The maximum Gasteiger partial charge on any atom is 0.269 e. The lowest BCUT2D eigenvalue weighted by Crippen LogP contribution is -2.43. The van der Waals surface area contributed by atoms with Gasteiger partial charge in [-0.25, -0.2) is 4.99 Å². The van der Waals surface area contributed by atoms with E-state index in [9.17, 15) is 10.1 Å². The lowest BCUT2D eigenvalue weighted by atomic mass is 10.2. The lowest BCUT2D eigenvalue weighted by molar-refractivity contribution is -0.384. The monoisotopic (exact) mass is 446 g/mol. The second kappa shape index (κ2) is 10.5. The number of nitro benzene ring substituents is 1. The molecule has 0 saturated heterocycles. The van der Waals surface area contributed by atoms with E-state index < -0.39 is 0 Å². The van der Waals surface area contributed by atoms with Gasteiger partial charge in [-0.15, -0.1) is 24.0 Å². The van der Waals surface area contributed by atoms with Crippen molar-refractivity contribution < 1.29 is 4.92 Å². The minimum Gasteiger partial charge on any atom is -0.356 e. The summed E-state index contributed by atoms with van der Waals surface area (Å²) in [6.07, 6.45) is 4.94. The number of hydrogen-bond donors (Lipinski definition) is 2. The van der Waals surface area contributed by atoms with E-state index in [0.29, 0.717) is 18.5 Å². The SMILES string of the molecule is CC(C)CNC(=NCc1ccc([N+](=O)[O-])cc1)NC1CCCC1.I. The average molecular weight is 446 g/mol. The smallest absolute Gasteiger partial charge is 0.269 e. The van der Waals surface area contributed by atoms with Crippen LogP contribution in [0.5, 0.6) is 0 Å². The molecule has 1 saturated carbocycles.